The van der Waals surface area contributed by atoms with Gasteiger partial charge in [-0.3, -0.25) is 0 Å². The van der Waals surface area contributed by atoms with Gasteiger partial charge in [-0.2, -0.15) is 5.10 Å². The summed E-state index contributed by atoms with van der Waals surface area (Å²) in [6.07, 6.45) is 0. The third-order valence-corrected chi connectivity index (χ3v) is 3.77. The number of nitrogens with zero attached hydrogens (tertiary/aromatic N) is 2. The fourth-order valence-corrected chi connectivity index (χ4v) is 2.66. The fourth-order valence-electron chi connectivity index (χ4n) is 2.66. The lowest BCUT2D eigenvalue weighted by molar-refractivity contribution is 0.280. The maximum absolute atomic E-state index is 9.38. The minimum Gasteiger partial charge on any atom is -0.481 e. The summed E-state index contributed by atoms with van der Waals surface area (Å²) in [7, 11) is 3.57. The van der Waals surface area contributed by atoms with Crippen LogP contribution < -0.4 is 10.1 Å². The number of aliphatic hydroxyl groups excluding tert-OH is 1. The van der Waals surface area contributed by atoms with Crippen molar-refractivity contribution in [2.24, 2.45) is 7.05 Å². The molecule has 0 aliphatic rings. The van der Waals surface area contributed by atoms with Gasteiger partial charge >= 0.3 is 0 Å². The molecule has 0 bridgehead atoms. The van der Waals surface area contributed by atoms with E-state index < -0.39 is 0 Å². The molecule has 0 saturated heterocycles. The molecule has 1 aromatic carbocycles. The number of hydrogen-bond donors (Lipinski definition) is 2. The van der Waals surface area contributed by atoms with Crippen LogP contribution in [0.1, 0.15) is 42.1 Å². The van der Waals surface area contributed by atoms with Gasteiger partial charge in [0.15, 0.2) is 0 Å². The molecule has 0 radical (unpaired) electrons. The van der Waals surface area contributed by atoms with E-state index in [2.05, 4.69) is 24.3 Å². The van der Waals surface area contributed by atoms with Crippen molar-refractivity contribution in [1.82, 2.24) is 15.1 Å². The highest BCUT2D eigenvalue weighted by molar-refractivity contribution is 5.34. The Bertz CT molecular complexity index is 620. The SMILES string of the molecule is COc1c(CNCc2ccccc2CO)c(C(C)C)nn1C. The summed E-state index contributed by atoms with van der Waals surface area (Å²) >= 11 is 0. The summed E-state index contributed by atoms with van der Waals surface area (Å²) in [4.78, 5) is 0. The third kappa shape index (κ3) is 3.48. The largest absolute Gasteiger partial charge is 0.481 e. The standard InChI is InChI=1S/C17H25N3O2/c1-12(2)16-15(17(22-4)20(3)19-16)10-18-9-13-7-5-6-8-14(13)11-21/h5-8,12,18,21H,9-11H2,1-4H3. The second-order valence-electron chi connectivity index (χ2n) is 5.68. The predicted octanol–water partition coefficient (Wildman–Crippen LogP) is 2.33. The summed E-state index contributed by atoms with van der Waals surface area (Å²) in [6, 6.07) is 7.90. The van der Waals surface area contributed by atoms with Crippen LogP contribution in [0.15, 0.2) is 24.3 Å². The molecule has 0 atom stereocenters. The number of aromatic nitrogens is 2. The molecule has 2 aromatic rings. The van der Waals surface area contributed by atoms with Crippen molar-refractivity contribution in [3.05, 3.63) is 46.6 Å². The maximum Gasteiger partial charge on any atom is 0.216 e. The first kappa shape index (κ1) is 16.5. The topological polar surface area (TPSA) is 59.3 Å². The molecule has 1 heterocycles. The van der Waals surface area contributed by atoms with E-state index in [1.54, 1.807) is 11.8 Å². The van der Waals surface area contributed by atoms with E-state index in [0.29, 0.717) is 19.0 Å². The van der Waals surface area contributed by atoms with Crippen molar-refractivity contribution in [3.63, 3.8) is 0 Å². The average molecular weight is 303 g/mol. The Balaban J connectivity index is 2.11. The van der Waals surface area contributed by atoms with Gasteiger partial charge in [0.2, 0.25) is 5.88 Å². The molecule has 120 valence electrons. The van der Waals surface area contributed by atoms with Crippen LogP contribution in [0.5, 0.6) is 5.88 Å². The normalized spacial score (nSPS) is 11.2. The minimum atomic E-state index is 0.0608. The van der Waals surface area contributed by atoms with Crippen LogP contribution in [0, 0.1) is 0 Å². The lowest BCUT2D eigenvalue weighted by Crippen LogP contribution is -2.15. The van der Waals surface area contributed by atoms with Gasteiger partial charge in [-0.25, -0.2) is 4.68 Å². The van der Waals surface area contributed by atoms with Crippen LogP contribution in [-0.2, 0) is 26.7 Å². The van der Waals surface area contributed by atoms with Gasteiger partial charge < -0.3 is 15.2 Å². The highest BCUT2D eigenvalue weighted by atomic mass is 16.5. The number of aliphatic hydroxyl groups is 1. The van der Waals surface area contributed by atoms with Gasteiger partial charge in [0.05, 0.1) is 25.0 Å². The van der Waals surface area contributed by atoms with Crippen LogP contribution in [0.3, 0.4) is 0 Å². The Morgan fingerprint density at radius 3 is 2.50 bits per heavy atom. The molecule has 0 spiro atoms. The number of benzene rings is 1. The zero-order valence-corrected chi connectivity index (χ0v) is 13.8. The van der Waals surface area contributed by atoms with Crippen molar-refractivity contribution in [1.29, 1.82) is 0 Å². The molecule has 5 nitrogen and oxygen atoms in total. The molecule has 0 aliphatic heterocycles. The summed E-state index contributed by atoms with van der Waals surface area (Å²) < 4.78 is 7.26. The zero-order chi connectivity index (χ0) is 16.1. The Labute approximate surface area is 131 Å². The van der Waals surface area contributed by atoms with Gasteiger partial charge in [-0.05, 0) is 17.0 Å². The molecule has 0 fully saturated rings. The molecular weight excluding hydrogens is 278 g/mol. The van der Waals surface area contributed by atoms with Crippen molar-refractivity contribution in [2.75, 3.05) is 7.11 Å². The van der Waals surface area contributed by atoms with E-state index >= 15 is 0 Å². The lowest BCUT2D eigenvalue weighted by atomic mass is 10.1. The van der Waals surface area contributed by atoms with Crippen LogP contribution in [0.2, 0.25) is 0 Å². The molecule has 2 rings (SSSR count). The van der Waals surface area contributed by atoms with E-state index in [-0.39, 0.29) is 6.61 Å². The van der Waals surface area contributed by atoms with Crippen molar-refractivity contribution >= 4 is 0 Å². The number of rotatable bonds is 7. The first-order valence-electron chi connectivity index (χ1n) is 7.56. The Morgan fingerprint density at radius 2 is 1.91 bits per heavy atom. The average Bonchev–Trinajstić information content (AvgIpc) is 2.84. The molecule has 2 N–H and O–H groups in total. The van der Waals surface area contributed by atoms with Crippen LogP contribution in [-0.4, -0.2) is 22.0 Å². The highest BCUT2D eigenvalue weighted by Gasteiger charge is 2.18. The molecule has 1 aromatic heterocycles. The summed E-state index contributed by atoms with van der Waals surface area (Å²) in [6.45, 7) is 5.71. The van der Waals surface area contributed by atoms with Gasteiger partial charge in [-0.1, -0.05) is 38.1 Å². The monoisotopic (exact) mass is 303 g/mol. The molecule has 5 heteroatoms. The predicted molar refractivity (Wildman–Crippen MR) is 86.8 cm³/mol. The first-order valence-corrected chi connectivity index (χ1v) is 7.56. The highest BCUT2D eigenvalue weighted by Crippen LogP contribution is 2.27. The maximum atomic E-state index is 9.38. The van der Waals surface area contributed by atoms with E-state index in [0.717, 1.165) is 28.3 Å². The number of nitrogens with one attached hydrogen (secondary N) is 1. The second-order valence-corrected chi connectivity index (χ2v) is 5.68. The van der Waals surface area contributed by atoms with E-state index in [9.17, 15) is 5.11 Å². The third-order valence-electron chi connectivity index (χ3n) is 3.77. The molecule has 0 amide bonds. The fraction of sp³-hybridized carbons (Fsp3) is 0.471. The van der Waals surface area contributed by atoms with Crippen molar-refractivity contribution in [3.8, 4) is 5.88 Å². The smallest absolute Gasteiger partial charge is 0.216 e. The summed E-state index contributed by atoms with van der Waals surface area (Å²) in [5.74, 6) is 1.14. The molecule has 0 unspecified atom stereocenters. The second kappa shape index (κ2) is 7.42. The number of hydrogen-bond acceptors (Lipinski definition) is 4. The van der Waals surface area contributed by atoms with E-state index in [1.807, 2.05) is 31.3 Å². The number of aryl methyl sites for hydroxylation is 1. The van der Waals surface area contributed by atoms with Crippen LogP contribution >= 0.6 is 0 Å². The molecular formula is C17H25N3O2. The first-order chi connectivity index (χ1) is 10.6. The zero-order valence-electron chi connectivity index (χ0n) is 13.8. The van der Waals surface area contributed by atoms with Gasteiger partial charge in [0, 0.05) is 20.1 Å². The number of methoxy groups -OCH3 is 1. The van der Waals surface area contributed by atoms with Crippen molar-refractivity contribution < 1.29 is 9.84 Å². The minimum absolute atomic E-state index is 0.0608. The lowest BCUT2D eigenvalue weighted by Gasteiger charge is -2.11. The van der Waals surface area contributed by atoms with Gasteiger partial charge in [0.25, 0.3) is 0 Å². The Kier molecular flexibility index (Phi) is 5.57. The summed E-state index contributed by atoms with van der Waals surface area (Å²) in [5.41, 5.74) is 4.22. The van der Waals surface area contributed by atoms with Crippen LogP contribution in [0.4, 0.5) is 0 Å². The van der Waals surface area contributed by atoms with E-state index in [4.69, 9.17) is 4.74 Å². The van der Waals surface area contributed by atoms with Crippen molar-refractivity contribution in [2.45, 2.75) is 39.5 Å². The van der Waals surface area contributed by atoms with Crippen LogP contribution in [0.25, 0.3) is 0 Å². The number of ether oxygens (including phenoxy) is 1. The van der Waals surface area contributed by atoms with Gasteiger partial charge in [0.1, 0.15) is 0 Å². The molecule has 22 heavy (non-hydrogen) atoms. The molecule has 0 aliphatic carbocycles. The summed E-state index contributed by atoms with van der Waals surface area (Å²) in [5, 5.41) is 17.4. The Morgan fingerprint density at radius 1 is 1.23 bits per heavy atom. The van der Waals surface area contributed by atoms with E-state index in [1.165, 1.54) is 0 Å². The van der Waals surface area contributed by atoms with Gasteiger partial charge in [-0.15, -0.1) is 0 Å². The molecule has 0 saturated carbocycles. The Hall–Kier alpha value is -1.85. The quantitative estimate of drug-likeness (QED) is 0.824.